The minimum absolute atomic E-state index is 0.0518. The van der Waals surface area contributed by atoms with Crippen LogP contribution in [-0.2, 0) is 0 Å². The molecule has 4 nitrogen and oxygen atoms in total. The zero-order valence-electron chi connectivity index (χ0n) is 10.4. The molecule has 1 aliphatic carbocycles. The number of carbonyl (C=O) groups excluding carboxylic acids is 1. The standard InChI is InChI=1S/C14H19NO3/c16-9-3-8-15(12-5-2-6-12)14(18)11-4-1-7-13(17)10-11/h1,4,7,10,12,16-17H,2-3,5-6,8-9H2. The SMILES string of the molecule is O=C(c1cccc(O)c1)N(CCCO)C1CCC1. The second-order valence-corrected chi connectivity index (χ2v) is 4.71. The minimum atomic E-state index is -0.0518. The first kappa shape index (κ1) is 12.9. The zero-order chi connectivity index (χ0) is 13.0. The van der Waals surface area contributed by atoms with Crippen LogP contribution in [0.4, 0.5) is 0 Å². The maximum absolute atomic E-state index is 12.4. The van der Waals surface area contributed by atoms with Gasteiger partial charge < -0.3 is 15.1 Å². The van der Waals surface area contributed by atoms with Crippen molar-refractivity contribution in [2.24, 2.45) is 0 Å². The molecule has 1 aliphatic rings. The summed E-state index contributed by atoms with van der Waals surface area (Å²) in [5.74, 6) is 0.0561. The minimum Gasteiger partial charge on any atom is -0.508 e. The molecule has 1 saturated carbocycles. The van der Waals surface area contributed by atoms with Crippen LogP contribution in [0.5, 0.6) is 5.75 Å². The number of hydrogen-bond donors (Lipinski definition) is 2. The van der Waals surface area contributed by atoms with E-state index in [1.165, 1.54) is 6.07 Å². The summed E-state index contributed by atoms with van der Waals surface area (Å²) in [5.41, 5.74) is 0.514. The second-order valence-electron chi connectivity index (χ2n) is 4.71. The zero-order valence-corrected chi connectivity index (χ0v) is 10.4. The number of aliphatic hydroxyl groups is 1. The van der Waals surface area contributed by atoms with E-state index in [4.69, 9.17) is 5.11 Å². The largest absolute Gasteiger partial charge is 0.508 e. The quantitative estimate of drug-likeness (QED) is 0.836. The summed E-state index contributed by atoms with van der Waals surface area (Å²) in [5, 5.41) is 18.3. The lowest BCUT2D eigenvalue weighted by Gasteiger charge is -2.37. The molecular formula is C14H19NO3. The number of amides is 1. The molecule has 18 heavy (non-hydrogen) atoms. The highest BCUT2D eigenvalue weighted by atomic mass is 16.3. The van der Waals surface area contributed by atoms with Crippen LogP contribution >= 0.6 is 0 Å². The predicted octanol–water partition coefficient (Wildman–Crippen LogP) is 1.77. The molecule has 4 heteroatoms. The summed E-state index contributed by atoms with van der Waals surface area (Å²) in [6.07, 6.45) is 3.83. The van der Waals surface area contributed by atoms with E-state index in [2.05, 4.69) is 0 Å². The number of aliphatic hydroxyl groups excluding tert-OH is 1. The van der Waals surface area contributed by atoms with E-state index in [0.717, 1.165) is 19.3 Å². The molecule has 0 aliphatic heterocycles. The number of rotatable bonds is 5. The van der Waals surface area contributed by atoms with Crippen molar-refractivity contribution in [3.63, 3.8) is 0 Å². The van der Waals surface area contributed by atoms with E-state index in [9.17, 15) is 9.90 Å². The summed E-state index contributed by atoms with van der Waals surface area (Å²) in [4.78, 5) is 14.2. The Bertz CT molecular complexity index is 415. The highest BCUT2D eigenvalue weighted by Crippen LogP contribution is 2.26. The van der Waals surface area contributed by atoms with Crippen LogP contribution in [0.25, 0.3) is 0 Å². The van der Waals surface area contributed by atoms with Gasteiger partial charge in [-0.2, -0.15) is 0 Å². The average Bonchev–Trinajstić information content (AvgIpc) is 2.31. The van der Waals surface area contributed by atoms with Crippen molar-refractivity contribution in [1.29, 1.82) is 0 Å². The van der Waals surface area contributed by atoms with Crippen molar-refractivity contribution >= 4 is 5.91 Å². The van der Waals surface area contributed by atoms with Gasteiger partial charge in [-0.05, 0) is 43.9 Å². The molecule has 2 rings (SSSR count). The fraction of sp³-hybridized carbons (Fsp3) is 0.500. The molecule has 2 N–H and O–H groups in total. The maximum atomic E-state index is 12.4. The third kappa shape index (κ3) is 2.82. The molecule has 1 fully saturated rings. The van der Waals surface area contributed by atoms with Crippen molar-refractivity contribution in [3.05, 3.63) is 29.8 Å². The van der Waals surface area contributed by atoms with Crippen LogP contribution < -0.4 is 0 Å². The van der Waals surface area contributed by atoms with Crippen LogP contribution in [0.15, 0.2) is 24.3 Å². The van der Waals surface area contributed by atoms with E-state index in [1.54, 1.807) is 18.2 Å². The highest BCUT2D eigenvalue weighted by molar-refractivity contribution is 5.94. The van der Waals surface area contributed by atoms with Gasteiger partial charge in [-0.3, -0.25) is 4.79 Å². The molecule has 1 aromatic carbocycles. The fourth-order valence-corrected chi connectivity index (χ4v) is 2.19. The molecule has 0 aromatic heterocycles. The lowest BCUT2D eigenvalue weighted by molar-refractivity contribution is 0.0562. The van der Waals surface area contributed by atoms with Crippen molar-refractivity contribution in [2.45, 2.75) is 31.7 Å². The number of benzene rings is 1. The van der Waals surface area contributed by atoms with E-state index in [1.807, 2.05) is 4.90 Å². The van der Waals surface area contributed by atoms with Crippen molar-refractivity contribution in [1.82, 2.24) is 4.90 Å². The first-order valence-electron chi connectivity index (χ1n) is 6.43. The van der Waals surface area contributed by atoms with Gasteiger partial charge in [0.05, 0.1) is 0 Å². The van der Waals surface area contributed by atoms with Gasteiger partial charge >= 0.3 is 0 Å². The van der Waals surface area contributed by atoms with Gasteiger partial charge in [0.25, 0.3) is 5.91 Å². The van der Waals surface area contributed by atoms with Gasteiger partial charge in [0.15, 0.2) is 0 Å². The number of aromatic hydroxyl groups is 1. The van der Waals surface area contributed by atoms with Crippen molar-refractivity contribution in [2.75, 3.05) is 13.2 Å². The Labute approximate surface area is 107 Å². The molecule has 0 bridgehead atoms. The maximum Gasteiger partial charge on any atom is 0.254 e. The first-order valence-corrected chi connectivity index (χ1v) is 6.43. The van der Waals surface area contributed by atoms with Gasteiger partial charge in [0.1, 0.15) is 5.75 Å². The number of nitrogens with zero attached hydrogens (tertiary/aromatic N) is 1. The molecule has 1 aromatic rings. The number of phenols is 1. The first-order chi connectivity index (χ1) is 8.72. The normalized spacial score (nSPS) is 15.2. The Hall–Kier alpha value is -1.55. The topological polar surface area (TPSA) is 60.8 Å². The lowest BCUT2D eigenvalue weighted by atomic mass is 9.90. The van der Waals surface area contributed by atoms with Gasteiger partial charge in [0, 0.05) is 24.8 Å². The monoisotopic (exact) mass is 249 g/mol. The molecule has 0 heterocycles. The molecule has 1 amide bonds. The summed E-state index contributed by atoms with van der Waals surface area (Å²) in [7, 11) is 0. The van der Waals surface area contributed by atoms with Gasteiger partial charge in [-0.25, -0.2) is 0 Å². The number of phenolic OH excluding ortho intramolecular Hbond substituents is 1. The molecule has 0 unspecified atom stereocenters. The highest BCUT2D eigenvalue weighted by Gasteiger charge is 2.28. The Balaban J connectivity index is 2.11. The van der Waals surface area contributed by atoms with Crippen LogP contribution in [0.1, 0.15) is 36.0 Å². The van der Waals surface area contributed by atoms with Crippen LogP contribution in [-0.4, -0.2) is 40.2 Å². The predicted molar refractivity (Wildman–Crippen MR) is 68.5 cm³/mol. The molecule has 0 atom stereocenters. The van der Waals surface area contributed by atoms with E-state index >= 15 is 0 Å². The summed E-state index contributed by atoms with van der Waals surface area (Å²) < 4.78 is 0. The Kier molecular flexibility index (Phi) is 4.20. The summed E-state index contributed by atoms with van der Waals surface area (Å²) >= 11 is 0. The van der Waals surface area contributed by atoms with Gasteiger partial charge in [0.2, 0.25) is 0 Å². The van der Waals surface area contributed by atoms with Crippen molar-refractivity contribution in [3.8, 4) is 5.75 Å². The number of hydrogen-bond acceptors (Lipinski definition) is 3. The Morgan fingerprint density at radius 2 is 2.17 bits per heavy atom. The van der Waals surface area contributed by atoms with E-state index in [0.29, 0.717) is 24.6 Å². The third-order valence-corrected chi connectivity index (χ3v) is 3.43. The smallest absolute Gasteiger partial charge is 0.254 e. The van der Waals surface area contributed by atoms with Crippen LogP contribution in [0.3, 0.4) is 0 Å². The lowest BCUT2D eigenvalue weighted by Crippen LogP contribution is -2.44. The van der Waals surface area contributed by atoms with E-state index < -0.39 is 0 Å². The van der Waals surface area contributed by atoms with E-state index in [-0.39, 0.29) is 18.3 Å². The van der Waals surface area contributed by atoms with Gasteiger partial charge in [-0.15, -0.1) is 0 Å². The Morgan fingerprint density at radius 3 is 2.72 bits per heavy atom. The molecule has 98 valence electrons. The second kappa shape index (κ2) is 5.87. The number of carbonyl (C=O) groups is 1. The van der Waals surface area contributed by atoms with Gasteiger partial charge in [-0.1, -0.05) is 6.07 Å². The molecule has 0 radical (unpaired) electrons. The average molecular weight is 249 g/mol. The molecular weight excluding hydrogens is 230 g/mol. The molecule has 0 spiro atoms. The Morgan fingerprint density at radius 1 is 1.39 bits per heavy atom. The fourth-order valence-electron chi connectivity index (χ4n) is 2.19. The van der Waals surface area contributed by atoms with Crippen LogP contribution in [0.2, 0.25) is 0 Å². The summed E-state index contributed by atoms with van der Waals surface area (Å²) in [6, 6.07) is 6.73. The third-order valence-electron chi connectivity index (χ3n) is 3.43. The van der Waals surface area contributed by atoms with Crippen molar-refractivity contribution < 1.29 is 15.0 Å². The summed E-state index contributed by atoms with van der Waals surface area (Å²) in [6.45, 7) is 0.673. The molecule has 0 saturated heterocycles. The van der Waals surface area contributed by atoms with Crippen LogP contribution in [0, 0.1) is 0 Å².